The second kappa shape index (κ2) is 4.89. The molecule has 90 valence electrons. The van der Waals surface area contributed by atoms with Gasteiger partial charge in [0, 0.05) is 9.28 Å². The maximum absolute atomic E-state index is 4.54. The Morgan fingerprint density at radius 3 is 2.76 bits per heavy atom. The summed E-state index contributed by atoms with van der Waals surface area (Å²) < 4.78 is 2.56. The minimum Gasteiger partial charge on any atom is -0.253 e. The Morgan fingerprint density at radius 2 is 2.12 bits per heavy atom. The van der Waals surface area contributed by atoms with Gasteiger partial charge in [-0.1, -0.05) is 11.3 Å². The number of hydrazone groups is 1. The molecule has 17 heavy (non-hydrogen) atoms. The molecule has 0 saturated heterocycles. The van der Waals surface area contributed by atoms with Crippen molar-refractivity contribution in [3.05, 3.63) is 20.8 Å². The van der Waals surface area contributed by atoms with Gasteiger partial charge in [-0.3, -0.25) is 5.43 Å². The zero-order valence-electron chi connectivity index (χ0n) is 10.3. The first kappa shape index (κ1) is 12.8. The Bertz CT molecular complexity index is 597. The van der Waals surface area contributed by atoms with Crippen molar-refractivity contribution in [3.63, 3.8) is 0 Å². The van der Waals surface area contributed by atoms with Crippen molar-refractivity contribution in [1.29, 1.82) is 0 Å². The van der Waals surface area contributed by atoms with Crippen LogP contribution in [-0.4, -0.2) is 10.7 Å². The van der Waals surface area contributed by atoms with Crippen LogP contribution in [0.25, 0.3) is 10.2 Å². The number of hydrogen-bond acceptors (Lipinski definition) is 4. The van der Waals surface area contributed by atoms with E-state index in [2.05, 4.69) is 58.0 Å². The Morgan fingerprint density at radius 1 is 1.41 bits per heavy atom. The summed E-state index contributed by atoms with van der Waals surface area (Å²) >= 11 is 4.04. The van der Waals surface area contributed by atoms with Crippen LogP contribution in [0.4, 0.5) is 5.13 Å². The Hall–Kier alpha value is -0.690. The van der Waals surface area contributed by atoms with E-state index in [9.17, 15) is 0 Å². The molecule has 0 fully saturated rings. The first-order valence-electron chi connectivity index (χ1n) is 5.32. The van der Waals surface area contributed by atoms with Gasteiger partial charge in [-0.05, 0) is 67.5 Å². The molecule has 1 heterocycles. The van der Waals surface area contributed by atoms with Gasteiger partial charge in [0.1, 0.15) is 0 Å². The van der Waals surface area contributed by atoms with Crippen molar-refractivity contribution < 1.29 is 0 Å². The highest BCUT2D eigenvalue weighted by atomic mass is 127. The molecule has 1 aromatic carbocycles. The van der Waals surface area contributed by atoms with Crippen molar-refractivity contribution in [2.45, 2.75) is 27.7 Å². The number of rotatable bonds is 2. The number of hydrogen-bond donors (Lipinski definition) is 1. The molecule has 1 aromatic heterocycles. The van der Waals surface area contributed by atoms with Crippen molar-refractivity contribution in [3.8, 4) is 0 Å². The summed E-state index contributed by atoms with van der Waals surface area (Å²) in [5.41, 5.74) is 7.63. The maximum atomic E-state index is 4.54. The van der Waals surface area contributed by atoms with Gasteiger partial charge in [0.05, 0.1) is 10.2 Å². The minimum absolute atomic E-state index is 0.852. The van der Waals surface area contributed by atoms with Crippen LogP contribution in [-0.2, 0) is 0 Å². The van der Waals surface area contributed by atoms with Crippen LogP contribution in [0.15, 0.2) is 11.2 Å². The highest BCUT2D eigenvalue weighted by Crippen LogP contribution is 2.32. The van der Waals surface area contributed by atoms with Crippen molar-refractivity contribution >= 4 is 55.0 Å². The van der Waals surface area contributed by atoms with Gasteiger partial charge in [0.2, 0.25) is 5.13 Å². The van der Waals surface area contributed by atoms with Gasteiger partial charge in [-0.15, -0.1) is 0 Å². The third-order valence-electron chi connectivity index (χ3n) is 2.40. The van der Waals surface area contributed by atoms with Crippen molar-refractivity contribution in [2.24, 2.45) is 5.10 Å². The molecule has 5 heteroatoms. The smallest absolute Gasteiger partial charge is 0.204 e. The van der Waals surface area contributed by atoms with Gasteiger partial charge in [-0.2, -0.15) is 5.10 Å². The highest BCUT2D eigenvalue weighted by molar-refractivity contribution is 14.1. The molecule has 0 atom stereocenters. The molecule has 0 aliphatic carbocycles. The number of aromatic nitrogens is 1. The SMILES string of the molecule is CC(C)=NNc1nc2cc(C)c(I)c(C)c2s1. The van der Waals surface area contributed by atoms with E-state index in [0.717, 1.165) is 16.4 Å². The van der Waals surface area contributed by atoms with E-state index in [1.165, 1.54) is 19.4 Å². The quantitative estimate of drug-likeness (QED) is 0.493. The number of thiazole rings is 1. The maximum Gasteiger partial charge on any atom is 0.204 e. The van der Waals surface area contributed by atoms with Crippen LogP contribution in [0.5, 0.6) is 0 Å². The van der Waals surface area contributed by atoms with Crippen LogP contribution < -0.4 is 5.43 Å². The zero-order chi connectivity index (χ0) is 12.6. The van der Waals surface area contributed by atoms with Crippen LogP contribution in [0.3, 0.4) is 0 Å². The minimum atomic E-state index is 0.852. The second-order valence-electron chi connectivity index (χ2n) is 4.17. The lowest BCUT2D eigenvalue weighted by Crippen LogP contribution is -1.91. The zero-order valence-corrected chi connectivity index (χ0v) is 13.2. The summed E-state index contributed by atoms with van der Waals surface area (Å²) in [7, 11) is 0. The van der Waals surface area contributed by atoms with Crippen LogP contribution in [0.1, 0.15) is 25.0 Å². The van der Waals surface area contributed by atoms with E-state index in [1.54, 1.807) is 11.3 Å². The van der Waals surface area contributed by atoms with Gasteiger partial charge < -0.3 is 0 Å². The lowest BCUT2D eigenvalue weighted by atomic mass is 10.1. The topological polar surface area (TPSA) is 37.3 Å². The average Bonchev–Trinajstić information content (AvgIpc) is 2.66. The molecular weight excluding hydrogens is 345 g/mol. The van der Waals surface area contributed by atoms with Gasteiger partial charge >= 0.3 is 0 Å². The first-order valence-corrected chi connectivity index (χ1v) is 7.21. The number of benzene rings is 1. The first-order chi connectivity index (χ1) is 7.99. The largest absolute Gasteiger partial charge is 0.253 e. The standard InChI is InChI=1S/C12H14IN3S/c1-6(2)15-16-12-14-9-5-7(3)10(13)8(4)11(9)17-12/h5H,1-4H3,(H,14,16). The fourth-order valence-electron chi connectivity index (χ4n) is 1.57. The van der Waals surface area contributed by atoms with Gasteiger partial charge in [-0.25, -0.2) is 4.98 Å². The van der Waals surface area contributed by atoms with E-state index < -0.39 is 0 Å². The van der Waals surface area contributed by atoms with Crippen molar-refractivity contribution in [1.82, 2.24) is 4.98 Å². The molecular formula is C12H14IN3S. The Balaban J connectivity index is 2.51. The van der Waals surface area contributed by atoms with Crippen LogP contribution in [0.2, 0.25) is 0 Å². The van der Waals surface area contributed by atoms with E-state index in [4.69, 9.17) is 0 Å². The second-order valence-corrected chi connectivity index (χ2v) is 6.25. The molecule has 0 aliphatic heterocycles. The van der Waals surface area contributed by atoms with E-state index in [0.29, 0.717) is 0 Å². The molecule has 0 bridgehead atoms. The van der Waals surface area contributed by atoms with E-state index in [-0.39, 0.29) is 0 Å². The number of fused-ring (bicyclic) bond motifs is 1. The third-order valence-corrected chi connectivity index (χ3v) is 5.15. The van der Waals surface area contributed by atoms with Crippen LogP contribution in [0, 0.1) is 17.4 Å². The molecule has 0 spiro atoms. The van der Waals surface area contributed by atoms with E-state index >= 15 is 0 Å². The summed E-state index contributed by atoms with van der Waals surface area (Å²) in [6.45, 7) is 8.18. The predicted octanol–water partition coefficient (Wildman–Crippen LogP) is 4.33. The Labute approximate surface area is 118 Å². The Kier molecular flexibility index (Phi) is 3.67. The molecule has 0 aliphatic rings. The predicted molar refractivity (Wildman–Crippen MR) is 84.2 cm³/mol. The molecule has 0 radical (unpaired) electrons. The van der Waals surface area contributed by atoms with Gasteiger partial charge in [0.15, 0.2) is 0 Å². The number of nitrogens with one attached hydrogen (secondary N) is 1. The summed E-state index contributed by atoms with van der Waals surface area (Å²) in [6.07, 6.45) is 0. The highest BCUT2D eigenvalue weighted by Gasteiger charge is 2.10. The average molecular weight is 359 g/mol. The fourth-order valence-corrected chi connectivity index (χ4v) is 3.07. The van der Waals surface area contributed by atoms with Gasteiger partial charge in [0.25, 0.3) is 0 Å². The summed E-state index contributed by atoms with van der Waals surface area (Å²) in [5, 5.41) is 5.03. The molecule has 2 aromatic rings. The van der Waals surface area contributed by atoms with E-state index in [1.807, 2.05) is 13.8 Å². The summed E-state index contributed by atoms with van der Waals surface area (Å²) in [4.78, 5) is 4.54. The normalized spacial score (nSPS) is 10.6. The summed E-state index contributed by atoms with van der Waals surface area (Å²) in [6, 6.07) is 2.13. The number of anilines is 1. The molecule has 1 N–H and O–H groups in total. The molecule has 0 unspecified atom stereocenters. The number of halogens is 1. The number of aryl methyl sites for hydroxylation is 2. The fraction of sp³-hybridized carbons (Fsp3) is 0.333. The molecule has 0 saturated carbocycles. The summed E-state index contributed by atoms with van der Waals surface area (Å²) in [5.74, 6) is 0. The molecule has 2 rings (SSSR count). The third kappa shape index (κ3) is 2.60. The number of nitrogens with zero attached hydrogens (tertiary/aromatic N) is 2. The lowest BCUT2D eigenvalue weighted by Gasteiger charge is -2.02. The van der Waals surface area contributed by atoms with Crippen molar-refractivity contribution in [2.75, 3.05) is 5.43 Å². The lowest BCUT2D eigenvalue weighted by molar-refractivity contribution is 1.28. The van der Waals surface area contributed by atoms with Crippen LogP contribution >= 0.6 is 33.9 Å². The molecule has 0 amide bonds. The monoisotopic (exact) mass is 359 g/mol. The molecule has 3 nitrogen and oxygen atoms in total.